The Bertz CT molecular complexity index is 1610. The van der Waals surface area contributed by atoms with Crippen LogP contribution in [0.25, 0.3) is 0 Å². The summed E-state index contributed by atoms with van der Waals surface area (Å²) in [5, 5.41) is 6.55. The van der Waals surface area contributed by atoms with Crippen LogP contribution in [0, 0.1) is 0 Å². The Balaban J connectivity index is -0.000000196. The lowest BCUT2D eigenvalue weighted by Crippen LogP contribution is -2.31. The molecule has 10 heteroatoms. The number of hydrogen-bond acceptors (Lipinski definition) is 10. The minimum absolute atomic E-state index is 0. The predicted octanol–water partition coefficient (Wildman–Crippen LogP) is 15.5. The molecule has 2 N–H and O–H groups in total. The first kappa shape index (κ1) is 73.4. The Labute approximate surface area is 414 Å². The van der Waals surface area contributed by atoms with E-state index in [1.54, 1.807) is 28.1 Å². The van der Waals surface area contributed by atoms with Crippen molar-refractivity contribution in [2.75, 3.05) is 14.2 Å². The summed E-state index contributed by atoms with van der Waals surface area (Å²) >= 11 is 3.62. The largest absolute Gasteiger partial charge is 0.497 e. The van der Waals surface area contributed by atoms with Crippen molar-refractivity contribution in [3.63, 3.8) is 0 Å². The van der Waals surface area contributed by atoms with Gasteiger partial charge in [-0.25, -0.2) is 0 Å². The fraction of sp³-hybridized carbons (Fsp3) is 0.500. The van der Waals surface area contributed by atoms with Crippen molar-refractivity contribution in [2.24, 2.45) is 0 Å². The average molecular weight is 956 g/mol. The van der Waals surface area contributed by atoms with Crippen molar-refractivity contribution >= 4 is 46.7 Å². The van der Waals surface area contributed by atoms with Crippen molar-refractivity contribution in [1.82, 2.24) is 10.6 Å². The van der Waals surface area contributed by atoms with Gasteiger partial charge < -0.3 is 29.7 Å². The molecular formula is C56H94N2O6S2. The smallest absolute Gasteiger partial charge is 0.146 e. The fourth-order valence-corrected chi connectivity index (χ4v) is 6.19. The van der Waals surface area contributed by atoms with Gasteiger partial charge in [-0.2, -0.15) is 0 Å². The zero-order valence-electron chi connectivity index (χ0n) is 42.9. The van der Waals surface area contributed by atoms with E-state index in [1.807, 2.05) is 114 Å². The lowest BCUT2D eigenvalue weighted by atomic mass is 10.2. The number of methoxy groups -OCH3 is 2. The number of hydrogen-bond donors (Lipinski definition) is 2. The highest BCUT2D eigenvalue weighted by atomic mass is 32.2. The van der Waals surface area contributed by atoms with Crippen molar-refractivity contribution in [2.45, 2.75) is 185 Å². The topological polar surface area (TPSA) is 111 Å². The van der Waals surface area contributed by atoms with Crippen molar-refractivity contribution in [3.8, 4) is 11.5 Å². The monoisotopic (exact) mass is 955 g/mol. The molecule has 4 rings (SSSR count). The van der Waals surface area contributed by atoms with Crippen LogP contribution in [-0.4, -0.2) is 49.4 Å². The van der Waals surface area contributed by atoms with Crippen molar-refractivity contribution in [1.29, 1.82) is 0 Å². The van der Waals surface area contributed by atoms with Crippen molar-refractivity contribution in [3.05, 3.63) is 119 Å². The summed E-state index contributed by atoms with van der Waals surface area (Å²) in [7, 11) is 3.35. The second-order valence-corrected chi connectivity index (χ2v) is 16.2. The summed E-state index contributed by atoms with van der Waals surface area (Å²) in [6.45, 7) is 31.0. The first-order valence-electron chi connectivity index (χ1n) is 22.6. The zero-order valence-corrected chi connectivity index (χ0v) is 44.5. The molecule has 376 valence electrons. The number of ether oxygens (including phenoxy) is 2. The molecular weight excluding hydrogens is 861 g/mol. The maximum Gasteiger partial charge on any atom is 0.146 e. The van der Waals surface area contributed by atoms with E-state index in [0.29, 0.717) is 13.1 Å². The summed E-state index contributed by atoms with van der Waals surface area (Å²) in [6, 6.07) is 32.7. The molecule has 2 atom stereocenters. The molecule has 8 nitrogen and oxygen atoms in total. The van der Waals surface area contributed by atoms with Crippen LogP contribution in [0.1, 0.15) is 161 Å². The molecule has 4 aromatic rings. The fourth-order valence-electron chi connectivity index (χ4n) is 4.16. The van der Waals surface area contributed by atoms with E-state index < -0.39 is 0 Å². The van der Waals surface area contributed by atoms with Crippen LogP contribution >= 0.6 is 23.5 Å². The molecule has 0 saturated carbocycles. The van der Waals surface area contributed by atoms with Crippen LogP contribution in [0.5, 0.6) is 11.5 Å². The van der Waals surface area contributed by atoms with Gasteiger partial charge in [-0.3, -0.25) is 9.59 Å². The minimum Gasteiger partial charge on any atom is -0.497 e. The summed E-state index contributed by atoms with van der Waals surface area (Å²) in [5.41, 5.74) is 4.96. The molecule has 0 aromatic heterocycles. The third-order valence-electron chi connectivity index (χ3n) is 7.47. The van der Waals surface area contributed by atoms with E-state index in [-0.39, 0.29) is 50.1 Å². The van der Waals surface area contributed by atoms with E-state index in [4.69, 9.17) is 9.47 Å². The maximum absolute atomic E-state index is 11.3. The van der Waals surface area contributed by atoms with Gasteiger partial charge in [-0.15, -0.1) is 23.5 Å². The van der Waals surface area contributed by atoms with Gasteiger partial charge >= 0.3 is 0 Å². The molecule has 2 unspecified atom stereocenters. The lowest BCUT2D eigenvalue weighted by molar-refractivity contribution is -0.119. The lowest BCUT2D eigenvalue weighted by Gasteiger charge is -2.13. The van der Waals surface area contributed by atoms with Crippen LogP contribution in [0.4, 0.5) is 0 Å². The molecule has 0 amide bonds. The van der Waals surface area contributed by atoms with Gasteiger partial charge in [-0.1, -0.05) is 144 Å². The van der Waals surface area contributed by atoms with E-state index in [2.05, 4.69) is 86.9 Å². The number of carbonyl (C=O) groups is 4. The predicted molar refractivity (Wildman–Crippen MR) is 293 cm³/mol. The van der Waals surface area contributed by atoms with Crippen molar-refractivity contribution < 1.29 is 28.7 Å². The SMILES string of the molecule is C.C.CC.CC.CC(C)=O.CC(C)=O.CCC.CCC.COc1ccc(CSc2ccccc2CNC(C)C(C)=O)cc1.COc1ccc(CSc2ccccc2CNC(C)C(C)=O)cc1. The number of carbonyl (C=O) groups excluding carboxylic acids is 4. The normalized spacial score (nSPS) is 9.85. The zero-order chi connectivity index (χ0) is 49.9. The molecule has 66 heavy (non-hydrogen) atoms. The Morgan fingerprint density at radius 3 is 0.955 bits per heavy atom. The third-order valence-corrected chi connectivity index (χ3v) is 9.84. The Morgan fingerprint density at radius 2 is 0.727 bits per heavy atom. The Morgan fingerprint density at radius 1 is 0.485 bits per heavy atom. The summed E-state index contributed by atoms with van der Waals surface area (Å²) in [6.07, 6.45) is 2.50. The molecule has 0 bridgehead atoms. The number of Topliss-reactive ketones (excluding diaryl/α,β-unsaturated/α-hetero) is 4. The van der Waals surface area contributed by atoms with Crippen LogP contribution in [0.2, 0.25) is 0 Å². The highest BCUT2D eigenvalue weighted by Crippen LogP contribution is 2.28. The number of thioether (sulfide) groups is 2. The average Bonchev–Trinajstić information content (AvgIpc) is 3.28. The first-order valence-corrected chi connectivity index (χ1v) is 24.6. The molecule has 0 spiro atoms. The summed E-state index contributed by atoms with van der Waals surface area (Å²) in [4.78, 5) is 44.0. The molecule has 0 aliphatic carbocycles. The van der Waals surface area contributed by atoms with E-state index in [9.17, 15) is 19.2 Å². The van der Waals surface area contributed by atoms with Crippen LogP contribution in [0.15, 0.2) is 107 Å². The molecule has 4 aromatic carbocycles. The number of ketones is 4. The highest BCUT2D eigenvalue weighted by Gasteiger charge is 2.10. The van der Waals surface area contributed by atoms with E-state index in [0.717, 1.165) is 23.0 Å². The second kappa shape index (κ2) is 50.2. The van der Waals surface area contributed by atoms with Crippen LogP contribution < -0.4 is 20.1 Å². The van der Waals surface area contributed by atoms with E-state index in [1.165, 1.54) is 72.6 Å². The van der Waals surface area contributed by atoms with Gasteiger partial charge in [0.05, 0.1) is 26.3 Å². The van der Waals surface area contributed by atoms with Gasteiger partial charge in [0.1, 0.15) is 34.6 Å². The maximum atomic E-state index is 11.3. The van der Waals surface area contributed by atoms with E-state index >= 15 is 0 Å². The standard InChI is InChI=1S/2C19H23NO2S.2C3H6O.2C3H8.2C2H6.2CH4/c2*1-14(15(2)21)20-12-17-6-4-5-7-19(17)23-13-16-8-10-18(22-3)11-9-16;2*1-3(2)4;2*1-3-2;2*1-2;;/h2*4-11,14,20H,12-13H2,1-3H3;2*1-2H3;2*3H2,1-2H3;2*1-2H3;2*1H4. The molecule has 0 saturated heterocycles. The van der Waals surface area contributed by atoms with Gasteiger partial charge in [-0.05, 0) is 114 Å². The molecule has 0 aliphatic heterocycles. The summed E-state index contributed by atoms with van der Waals surface area (Å²) in [5.74, 6) is 4.22. The minimum atomic E-state index is -0.116. The van der Waals surface area contributed by atoms with Gasteiger partial charge in [0.25, 0.3) is 0 Å². The summed E-state index contributed by atoms with van der Waals surface area (Å²) < 4.78 is 10.4. The van der Waals surface area contributed by atoms with Gasteiger partial charge in [0.15, 0.2) is 0 Å². The quantitative estimate of drug-likeness (QED) is 0.105. The molecule has 0 aliphatic rings. The highest BCUT2D eigenvalue weighted by molar-refractivity contribution is 7.98. The van der Waals surface area contributed by atoms with Gasteiger partial charge in [0, 0.05) is 34.4 Å². The molecule has 0 fully saturated rings. The number of nitrogens with one attached hydrogen (secondary N) is 2. The third kappa shape index (κ3) is 42.4. The second-order valence-electron chi connectivity index (χ2n) is 14.1. The Hall–Kier alpha value is -4.22. The Kier molecular flexibility index (Phi) is 55.8. The number of rotatable bonds is 16. The number of benzene rings is 4. The van der Waals surface area contributed by atoms with Crippen LogP contribution in [-0.2, 0) is 43.8 Å². The first-order chi connectivity index (χ1) is 30.5. The molecule has 0 radical (unpaired) electrons. The molecule has 0 heterocycles. The van der Waals surface area contributed by atoms with Gasteiger partial charge in [0.2, 0.25) is 0 Å². The van der Waals surface area contributed by atoms with Crippen LogP contribution in [0.3, 0.4) is 0 Å².